The fraction of sp³-hybridized carbons (Fsp3) is 0.429. The highest BCUT2D eigenvalue weighted by atomic mass is 79.9. The second-order valence-electron chi connectivity index (χ2n) is 5.23. The lowest BCUT2D eigenvalue weighted by atomic mass is 10.2. The van der Waals surface area contributed by atoms with Crippen LogP contribution in [0.15, 0.2) is 16.6 Å². The van der Waals surface area contributed by atoms with Gasteiger partial charge in [-0.2, -0.15) is 0 Å². The Hall–Kier alpha value is -1.63. The third-order valence-electron chi connectivity index (χ3n) is 3.30. The van der Waals surface area contributed by atoms with Gasteiger partial charge in [-0.25, -0.2) is 9.18 Å². The molecule has 0 aromatic heterocycles. The Morgan fingerprint density at radius 1 is 1.48 bits per heavy atom. The number of aryl methyl sites for hydroxylation is 1. The molecule has 0 radical (unpaired) electrons. The van der Waals surface area contributed by atoms with Crippen LogP contribution in [-0.2, 0) is 4.79 Å². The second kappa shape index (κ2) is 6.43. The van der Waals surface area contributed by atoms with Crippen LogP contribution in [0.4, 0.5) is 14.9 Å². The van der Waals surface area contributed by atoms with E-state index in [9.17, 15) is 14.0 Å². The number of carboxylic acids is 1. The Bertz CT molecular complexity index is 576. The van der Waals surface area contributed by atoms with Crippen molar-refractivity contribution in [3.05, 3.63) is 28.0 Å². The number of aliphatic carboxylic acids is 1. The van der Waals surface area contributed by atoms with Gasteiger partial charge in [-0.1, -0.05) is 0 Å². The number of anilines is 1. The molecule has 2 rings (SSSR count). The molecule has 5 nitrogen and oxygen atoms in total. The molecular weight excluding hydrogens is 343 g/mol. The van der Waals surface area contributed by atoms with E-state index in [1.54, 1.807) is 6.92 Å². The van der Waals surface area contributed by atoms with Crippen molar-refractivity contribution >= 4 is 33.6 Å². The highest BCUT2D eigenvalue weighted by Crippen LogP contribution is 2.30. The molecule has 0 aliphatic heterocycles. The van der Waals surface area contributed by atoms with Crippen LogP contribution in [0.2, 0.25) is 0 Å². The summed E-state index contributed by atoms with van der Waals surface area (Å²) in [6.45, 7) is 1.76. The molecule has 0 unspecified atom stereocenters. The lowest BCUT2D eigenvalue weighted by molar-refractivity contribution is -0.137. The molecule has 114 valence electrons. The molecule has 1 fully saturated rings. The number of halogens is 2. The average molecular weight is 359 g/mol. The number of hydrogen-bond acceptors (Lipinski definition) is 2. The summed E-state index contributed by atoms with van der Waals surface area (Å²) in [5.74, 6) is -1.08. The lowest BCUT2D eigenvalue weighted by Crippen LogP contribution is -2.40. The van der Waals surface area contributed by atoms with Gasteiger partial charge < -0.3 is 15.3 Å². The maximum absolute atomic E-state index is 13.4. The topological polar surface area (TPSA) is 69.6 Å². The van der Waals surface area contributed by atoms with Gasteiger partial charge in [0.2, 0.25) is 0 Å². The van der Waals surface area contributed by atoms with Crippen LogP contribution in [0.3, 0.4) is 0 Å². The summed E-state index contributed by atoms with van der Waals surface area (Å²) in [6, 6.07) is 2.30. The number of nitrogens with one attached hydrogen (secondary N) is 1. The van der Waals surface area contributed by atoms with E-state index in [1.807, 2.05) is 0 Å². The van der Waals surface area contributed by atoms with E-state index in [0.717, 1.165) is 12.8 Å². The quantitative estimate of drug-likeness (QED) is 0.848. The highest BCUT2D eigenvalue weighted by molar-refractivity contribution is 9.10. The van der Waals surface area contributed by atoms with Crippen molar-refractivity contribution < 1.29 is 19.1 Å². The van der Waals surface area contributed by atoms with Gasteiger partial charge in [0.25, 0.3) is 0 Å². The minimum Gasteiger partial charge on any atom is -0.480 e. The third-order valence-corrected chi connectivity index (χ3v) is 3.91. The van der Waals surface area contributed by atoms with E-state index in [0.29, 0.717) is 23.7 Å². The van der Waals surface area contributed by atoms with Crippen LogP contribution in [0.1, 0.15) is 18.4 Å². The minimum absolute atomic E-state index is 0.246. The molecular formula is C14H16BrFN2O3. The van der Waals surface area contributed by atoms with E-state index >= 15 is 0 Å². The fourth-order valence-corrected chi connectivity index (χ4v) is 2.31. The fourth-order valence-electron chi connectivity index (χ4n) is 1.97. The zero-order valence-corrected chi connectivity index (χ0v) is 13.1. The van der Waals surface area contributed by atoms with Gasteiger partial charge in [-0.15, -0.1) is 0 Å². The number of hydrogen-bond donors (Lipinski definition) is 2. The Morgan fingerprint density at radius 3 is 2.71 bits per heavy atom. The molecule has 0 heterocycles. The first-order chi connectivity index (χ1) is 9.86. The smallest absolute Gasteiger partial charge is 0.323 e. The number of rotatable bonds is 5. The molecule has 0 bridgehead atoms. The Kier molecular flexibility index (Phi) is 4.82. The monoisotopic (exact) mass is 358 g/mol. The molecule has 21 heavy (non-hydrogen) atoms. The van der Waals surface area contributed by atoms with Gasteiger partial charge in [-0.05, 0) is 59.3 Å². The molecule has 1 aromatic carbocycles. The zero-order valence-electron chi connectivity index (χ0n) is 11.5. The van der Waals surface area contributed by atoms with E-state index < -0.39 is 17.8 Å². The van der Waals surface area contributed by atoms with Crippen LogP contribution in [0.5, 0.6) is 0 Å². The molecule has 1 aliphatic carbocycles. The van der Waals surface area contributed by atoms with Crippen LogP contribution < -0.4 is 5.32 Å². The summed E-state index contributed by atoms with van der Waals surface area (Å²) in [4.78, 5) is 24.3. The van der Waals surface area contributed by atoms with Crippen LogP contribution in [-0.4, -0.2) is 35.1 Å². The molecule has 1 aliphatic rings. The number of amides is 2. The normalized spacial score (nSPS) is 13.9. The van der Waals surface area contributed by atoms with E-state index in [-0.39, 0.29) is 11.0 Å². The third kappa shape index (κ3) is 4.42. The SMILES string of the molecule is Cc1cc(F)c(Br)cc1NC(=O)N(CC(=O)O)CC1CC1. The first-order valence-electron chi connectivity index (χ1n) is 6.60. The number of carboxylic acid groups (broad SMARTS) is 1. The molecule has 0 saturated heterocycles. The number of carbonyl (C=O) groups excluding carboxylic acids is 1. The summed E-state index contributed by atoms with van der Waals surface area (Å²) in [5.41, 5.74) is 1.03. The highest BCUT2D eigenvalue weighted by Gasteiger charge is 2.28. The molecule has 7 heteroatoms. The summed E-state index contributed by atoms with van der Waals surface area (Å²) in [5, 5.41) is 11.5. The predicted molar refractivity (Wildman–Crippen MR) is 79.8 cm³/mol. The molecule has 1 saturated carbocycles. The van der Waals surface area contributed by atoms with Crippen molar-refractivity contribution in [3.8, 4) is 0 Å². The average Bonchev–Trinajstić information content (AvgIpc) is 3.18. The van der Waals surface area contributed by atoms with Gasteiger partial charge in [0.05, 0.1) is 4.47 Å². The van der Waals surface area contributed by atoms with Crippen molar-refractivity contribution in [2.24, 2.45) is 5.92 Å². The number of urea groups is 1. The van der Waals surface area contributed by atoms with E-state index in [2.05, 4.69) is 21.2 Å². The lowest BCUT2D eigenvalue weighted by Gasteiger charge is -2.21. The molecule has 2 N–H and O–H groups in total. The zero-order chi connectivity index (χ0) is 15.6. The van der Waals surface area contributed by atoms with E-state index in [1.165, 1.54) is 17.0 Å². The summed E-state index contributed by atoms with van der Waals surface area (Å²) >= 11 is 3.06. The molecule has 0 spiro atoms. The van der Waals surface area contributed by atoms with Crippen molar-refractivity contribution in [1.29, 1.82) is 0 Å². The van der Waals surface area contributed by atoms with E-state index in [4.69, 9.17) is 5.11 Å². The number of carbonyl (C=O) groups is 2. The van der Waals surface area contributed by atoms with Gasteiger partial charge in [0.15, 0.2) is 0 Å². The Morgan fingerprint density at radius 2 is 2.14 bits per heavy atom. The van der Waals surface area contributed by atoms with Crippen molar-refractivity contribution in [2.45, 2.75) is 19.8 Å². The standard InChI is InChI=1S/C14H16BrFN2O3/c1-8-4-11(16)10(15)5-12(8)17-14(21)18(7-13(19)20)6-9-2-3-9/h4-5,9H,2-3,6-7H2,1H3,(H,17,21)(H,19,20). The summed E-state index contributed by atoms with van der Waals surface area (Å²) in [6.07, 6.45) is 2.04. The number of benzene rings is 1. The Labute approximate surface area is 130 Å². The first kappa shape index (κ1) is 15.8. The summed E-state index contributed by atoms with van der Waals surface area (Å²) in [7, 11) is 0. The minimum atomic E-state index is -1.05. The molecule has 2 amide bonds. The maximum atomic E-state index is 13.4. The predicted octanol–water partition coefficient (Wildman–Crippen LogP) is 3.23. The molecule has 0 atom stereocenters. The number of nitrogens with zero attached hydrogens (tertiary/aromatic N) is 1. The van der Waals surface area contributed by atoms with Crippen molar-refractivity contribution in [1.82, 2.24) is 4.90 Å². The van der Waals surface area contributed by atoms with Gasteiger partial charge >= 0.3 is 12.0 Å². The second-order valence-corrected chi connectivity index (χ2v) is 6.08. The maximum Gasteiger partial charge on any atom is 0.323 e. The van der Waals surface area contributed by atoms with Gasteiger partial charge in [0.1, 0.15) is 12.4 Å². The first-order valence-corrected chi connectivity index (χ1v) is 7.39. The Balaban J connectivity index is 2.10. The molecule has 1 aromatic rings. The largest absolute Gasteiger partial charge is 0.480 e. The van der Waals surface area contributed by atoms with Crippen molar-refractivity contribution in [2.75, 3.05) is 18.4 Å². The van der Waals surface area contributed by atoms with Crippen LogP contribution in [0, 0.1) is 18.7 Å². The van der Waals surface area contributed by atoms with Crippen LogP contribution >= 0.6 is 15.9 Å². The summed E-state index contributed by atoms with van der Waals surface area (Å²) < 4.78 is 13.6. The van der Waals surface area contributed by atoms with Gasteiger partial charge in [-0.3, -0.25) is 4.79 Å². The van der Waals surface area contributed by atoms with Gasteiger partial charge in [0, 0.05) is 12.2 Å². The van der Waals surface area contributed by atoms with Crippen LogP contribution in [0.25, 0.3) is 0 Å². The van der Waals surface area contributed by atoms with Crippen molar-refractivity contribution in [3.63, 3.8) is 0 Å².